The number of aliphatic hydroxyl groups is 2. The Kier molecular flexibility index (Phi) is 3.14. The van der Waals surface area contributed by atoms with Gasteiger partial charge in [-0.25, -0.2) is 0 Å². The Morgan fingerprint density at radius 1 is 1.75 bits per heavy atom. The highest BCUT2D eigenvalue weighted by Crippen LogP contribution is 1.86. The molecule has 0 bridgehead atoms. The molecule has 0 aromatic heterocycles. The van der Waals surface area contributed by atoms with Crippen LogP contribution in [-0.4, -0.2) is 29.6 Å². The van der Waals surface area contributed by atoms with Gasteiger partial charge < -0.3 is 14.9 Å². The van der Waals surface area contributed by atoms with E-state index in [1.165, 1.54) is 7.11 Å². The van der Waals surface area contributed by atoms with Gasteiger partial charge in [-0.3, -0.25) is 4.79 Å². The maximum atomic E-state index is 10.1. The van der Waals surface area contributed by atoms with Gasteiger partial charge in [0.1, 0.15) is 0 Å². The van der Waals surface area contributed by atoms with Crippen molar-refractivity contribution in [2.45, 2.75) is 12.7 Å². The molecule has 0 aliphatic rings. The normalized spacial score (nSPS) is 9.50. The summed E-state index contributed by atoms with van der Waals surface area (Å²) in [7, 11) is 1.19. The van der Waals surface area contributed by atoms with Crippen LogP contribution in [0.5, 0.6) is 0 Å². The molecule has 4 nitrogen and oxygen atoms in total. The Hall–Kier alpha value is -0.610. The highest BCUT2D eigenvalue weighted by atomic mass is 16.5. The zero-order valence-corrected chi connectivity index (χ0v) is 4.50. The first-order valence-corrected chi connectivity index (χ1v) is 2.09. The molecule has 0 aromatic carbocycles. The highest BCUT2D eigenvalue weighted by Gasteiger charge is 2.04. The number of hydrogen-bond acceptors (Lipinski definition) is 4. The Labute approximate surface area is 46.7 Å². The second-order valence-corrected chi connectivity index (χ2v) is 1.26. The van der Waals surface area contributed by atoms with Crippen molar-refractivity contribution in [1.82, 2.24) is 0 Å². The minimum absolute atomic E-state index is 0.365. The number of rotatable bonds is 2. The summed E-state index contributed by atoms with van der Waals surface area (Å²) in [4.78, 5) is 10.1. The van der Waals surface area contributed by atoms with Gasteiger partial charge in [-0.2, -0.15) is 0 Å². The van der Waals surface area contributed by atoms with E-state index in [0.717, 1.165) is 0 Å². The Bertz CT molecular complexity index is 78.1. The summed E-state index contributed by atoms with van der Waals surface area (Å²) in [5, 5.41) is 16.2. The molecule has 0 saturated carbocycles. The van der Waals surface area contributed by atoms with Crippen LogP contribution in [0.4, 0.5) is 0 Å². The predicted molar refractivity (Wildman–Crippen MR) is 24.9 cm³/mol. The lowest BCUT2D eigenvalue weighted by Gasteiger charge is -1.98. The third-order valence-electron chi connectivity index (χ3n) is 0.577. The second kappa shape index (κ2) is 3.40. The molecule has 0 unspecified atom stereocenters. The molecule has 4 heteroatoms. The van der Waals surface area contributed by atoms with Crippen molar-refractivity contribution in [3.8, 4) is 0 Å². The van der Waals surface area contributed by atoms with Crippen molar-refractivity contribution in [3.63, 3.8) is 0 Å². The summed E-state index contributed by atoms with van der Waals surface area (Å²) in [6.45, 7) is 0. The molecule has 0 aliphatic heterocycles. The predicted octanol–water partition coefficient (Wildman–Crippen LogP) is -1.14. The summed E-state index contributed by atoms with van der Waals surface area (Å²) >= 11 is 0. The van der Waals surface area contributed by atoms with Crippen molar-refractivity contribution in [3.05, 3.63) is 0 Å². The van der Waals surface area contributed by atoms with E-state index < -0.39 is 12.3 Å². The van der Waals surface area contributed by atoms with Crippen LogP contribution in [0.1, 0.15) is 6.42 Å². The molecule has 0 radical (unpaired) electrons. The van der Waals surface area contributed by atoms with Crippen LogP contribution in [0, 0.1) is 0 Å². The fourth-order valence-electron chi connectivity index (χ4n) is 0.232. The number of methoxy groups -OCH3 is 1. The maximum absolute atomic E-state index is 10.1. The molecular formula is C4H8O4. The second-order valence-electron chi connectivity index (χ2n) is 1.26. The molecule has 0 aromatic rings. The monoisotopic (exact) mass is 120 g/mol. The van der Waals surface area contributed by atoms with Gasteiger partial charge in [-0.15, -0.1) is 0 Å². The molecule has 0 fully saturated rings. The summed E-state index contributed by atoms with van der Waals surface area (Å²) < 4.78 is 4.10. The van der Waals surface area contributed by atoms with Gasteiger partial charge in [-0.1, -0.05) is 0 Å². The van der Waals surface area contributed by atoms with Crippen molar-refractivity contribution in [2.24, 2.45) is 0 Å². The molecule has 0 atom stereocenters. The van der Waals surface area contributed by atoms with E-state index >= 15 is 0 Å². The minimum Gasteiger partial charge on any atom is -0.469 e. The fraction of sp³-hybridized carbons (Fsp3) is 0.750. The van der Waals surface area contributed by atoms with Crippen LogP contribution in [0.3, 0.4) is 0 Å². The SMILES string of the molecule is COC(=O)CC(O)O. The molecule has 0 heterocycles. The van der Waals surface area contributed by atoms with Crippen LogP contribution < -0.4 is 0 Å². The van der Waals surface area contributed by atoms with E-state index in [-0.39, 0.29) is 6.42 Å². The van der Waals surface area contributed by atoms with Gasteiger partial charge in [0.15, 0.2) is 6.29 Å². The number of aliphatic hydroxyl groups excluding tert-OH is 1. The van der Waals surface area contributed by atoms with Gasteiger partial charge in [0.05, 0.1) is 13.5 Å². The lowest BCUT2D eigenvalue weighted by atomic mass is 10.4. The van der Waals surface area contributed by atoms with Crippen LogP contribution in [0.2, 0.25) is 0 Å². The summed E-state index contributed by atoms with van der Waals surface area (Å²) in [5.74, 6) is -0.625. The molecule has 8 heavy (non-hydrogen) atoms. The molecule has 48 valence electrons. The maximum Gasteiger partial charge on any atom is 0.310 e. The summed E-state index contributed by atoms with van der Waals surface area (Å²) in [5.41, 5.74) is 0. The molecule has 2 N–H and O–H groups in total. The highest BCUT2D eigenvalue weighted by molar-refractivity contribution is 5.69. The number of hydrogen-bond donors (Lipinski definition) is 2. The molecule has 0 rings (SSSR count). The number of carbonyl (C=O) groups excluding carboxylic acids is 1. The fourth-order valence-corrected chi connectivity index (χ4v) is 0.232. The van der Waals surface area contributed by atoms with E-state index in [9.17, 15) is 4.79 Å². The quantitative estimate of drug-likeness (QED) is 0.357. The average molecular weight is 120 g/mol. The van der Waals surface area contributed by atoms with Crippen molar-refractivity contribution in [2.75, 3.05) is 7.11 Å². The van der Waals surface area contributed by atoms with E-state index in [2.05, 4.69) is 4.74 Å². The van der Waals surface area contributed by atoms with Crippen LogP contribution in [-0.2, 0) is 9.53 Å². The topological polar surface area (TPSA) is 66.8 Å². The van der Waals surface area contributed by atoms with Gasteiger partial charge >= 0.3 is 5.97 Å². The number of carbonyl (C=O) groups is 1. The summed E-state index contributed by atoms with van der Waals surface area (Å²) in [6, 6.07) is 0. The zero-order valence-electron chi connectivity index (χ0n) is 4.50. The minimum atomic E-state index is -1.59. The summed E-state index contributed by atoms with van der Waals surface area (Å²) in [6.07, 6.45) is -1.96. The van der Waals surface area contributed by atoms with Crippen LogP contribution in [0.15, 0.2) is 0 Å². The van der Waals surface area contributed by atoms with E-state index in [1.54, 1.807) is 0 Å². The Morgan fingerprint density at radius 3 is 2.38 bits per heavy atom. The molecule has 0 amide bonds. The first kappa shape index (κ1) is 7.39. The van der Waals surface area contributed by atoms with Gasteiger partial charge in [-0.05, 0) is 0 Å². The Morgan fingerprint density at radius 2 is 2.25 bits per heavy atom. The molecular weight excluding hydrogens is 112 g/mol. The molecule has 0 spiro atoms. The van der Waals surface area contributed by atoms with Crippen LogP contribution >= 0.6 is 0 Å². The van der Waals surface area contributed by atoms with E-state index in [0.29, 0.717) is 0 Å². The number of ether oxygens (including phenoxy) is 1. The van der Waals surface area contributed by atoms with Crippen LogP contribution in [0.25, 0.3) is 0 Å². The first-order chi connectivity index (χ1) is 3.66. The first-order valence-electron chi connectivity index (χ1n) is 2.09. The van der Waals surface area contributed by atoms with Crippen molar-refractivity contribution < 1.29 is 19.7 Å². The van der Waals surface area contributed by atoms with Crippen molar-refractivity contribution in [1.29, 1.82) is 0 Å². The van der Waals surface area contributed by atoms with E-state index in [4.69, 9.17) is 10.2 Å². The van der Waals surface area contributed by atoms with Gasteiger partial charge in [0, 0.05) is 0 Å². The van der Waals surface area contributed by atoms with Gasteiger partial charge in [0.25, 0.3) is 0 Å². The number of esters is 1. The standard InChI is InChI=1S/C4H8O4/c1-8-4(7)2-3(5)6/h3,5-6H,2H2,1H3. The smallest absolute Gasteiger partial charge is 0.310 e. The third kappa shape index (κ3) is 3.58. The van der Waals surface area contributed by atoms with Gasteiger partial charge in [0.2, 0.25) is 0 Å². The molecule has 0 saturated heterocycles. The average Bonchev–Trinajstić information content (AvgIpc) is 1.65. The van der Waals surface area contributed by atoms with E-state index in [1.807, 2.05) is 0 Å². The molecule has 0 aliphatic carbocycles. The largest absolute Gasteiger partial charge is 0.469 e. The zero-order chi connectivity index (χ0) is 6.57. The third-order valence-corrected chi connectivity index (χ3v) is 0.577. The van der Waals surface area contributed by atoms with Crippen molar-refractivity contribution >= 4 is 5.97 Å². The lowest BCUT2D eigenvalue weighted by Crippen LogP contribution is -2.12. The Balaban J connectivity index is 3.25. The lowest BCUT2D eigenvalue weighted by molar-refractivity contribution is -0.149.